The Labute approximate surface area is 154 Å². The molecule has 0 unspecified atom stereocenters. The summed E-state index contributed by atoms with van der Waals surface area (Å²) in [4.78, 5) is 5.91. The number of fused-ring (bicyclic) bond motifs is 1. The van der Waals surface area contributed by atoms with Crippen LogP contribution in [0.5, 0.6) is 0 Å². The number of hydrogen-bond donors (Lipinski definition) is 2. The van der Waals surface area contributed by atoms with Gasteiger partial charge in [-0.3, -0.25) is 0 Å². The summed E-state index contributed by atoms with van der Waals surface area (Å²) in [6, 6.07) is 8.42. The maximum Gasteiger partial charge on any atom is 0.221 e. The number of nitrogens with zero attached hydrogens (tertiary/aromatic N) is 4. The van der Waals surface area contributed by atoms with Crippen LogP contribution < -0.4 is 0 Å². The summed E-state index contributed by atoms with van der Waals surface area (Å²) in [5.41, 5.74) is 3.35. The molecular weight excluding hydrogens is 324 g/mol. The van der Waals surface area contributed by atoms with E-state index in [-0.39, 0.29) is 0 Å². The zero-order valence-electron chi connectivity index (χ0n) is 15.5. The van der Waals surface area contributed by atoms with Crippen LogP contribution in [0.3, 0.4) is 0 Å². The smallest absolute Gasteiger partial charge is 0.221 e. The van der Waals surface area contributed by atoms with Crippen LogP contribution in [0.1, 0.15) is 50.5 Å². The second kappa shape index (κ2) is 7.99. The van der Waals surface area contributed by atoms with Crippen LogP contribution >= 0.6 is 0 Å². The first kappa shape index (κ1) is 17.2. The van der Waals surface area contributed by atoms with E-state index in [4.69, 9.17) is 0 Å². The molecule has 4 rings (SSSR count). The third-order valence-electron chi connectivity index (χ3n) is 5.70. The summed E-state index contributed by atoms with van der Waals surface area (Å²) in [5.74, 6) is 1.54. The molecule has 6 nitrogen and oxygen atoms in total. The molecule has 1 aliphatic carbocycles. The Morgan fingerprint density at radius 3 is 2.69 bits per heavy atom. The summed E-state index contributed by atoms with van der Waals surface area (Å²) in [6.45, 7) is 2.02. The van der Waals surface area contributed by atoms with Crippen molar-refractivity contribution in [3.63, 3.8) is 0 Å². The van der Waals surface area contributed by atoms with Crippen LogP contribution in [-0.4, -0.2) is 44.1 Å². The lowest BCUT2D eigenvalue weighted by Crippen LogP contribution is -2.21. The molecule has 1 saturated carbocycles. The van der Waals surface area contributed by atoms with E-state index in [1.54, 1.807) is 0 Å². The van der Waals surface area contributed by atoms with Crippen LogP contribution in [0.2, 0.25) is 0 Å². The maximum atomic E-state index is 4.18. The fourth-order valence-electron chi connectivity index (χ4n) is 4.23. The van der Waals surface area contributed by atoms with Gasteiger partial charge < -0.3 is 9.88 Å². The summed E-state index contributed by atoms with van der Waals surface area (Å²) in [7, 11) is 2.22. The highest BCUT2D eigenvalue weighted by Gasteiger charge is 2.18. The summed E-state index contributed by atoms with van der Waals surface area (Å²) < 4.78 is 0. The van der Waals surface area contributed by atoms with Gasteiger partial charge in [-0.15, -0.1) is 10.2 Å². The molecule has 2 heterocycles. The minimum Gasteiger partial charge on any atom is -0.352 e. The van der Waals surface area contributed by atoms with E-state index < -0.39 is 0 Å². The molecule has 2 aromatic heterocycles. The van der Waals surface area contributed by atoms with E-state index in [0.717, 1.165) is 30.2 Å². The fourth-order valence-corrected chi connectivity index (χ4v) is 4.23. The lowest BCUT2D eigenvalue weighted by Gasteiger charge is -2.21. The van der Waals surface area contributed by atoms with Crippen molar-refractivity contribution < 1.29 is 0 Å². The molecule has 2 N–H and O–H groups in total. The number of hydrogen-bond acceptors (Lipinski definition) is 4. The van der Waals surface area contributed by atoms with Crippen molar-refractivity contribution in [3.05, 3.63) is 29.8 Å². The number of aromatic amines is 2. The topological polar surface area (TPSA) is 73.5 Å². The van der Waals surface area contributed by atoms with Gasteiger partial charge in [-0.1, -0.05) is 56.7 Å². The first-order valence-corrected chi connectivity index (χ1v) is 9.83. The van der Waals surface area contributed by atoms with E-state index in [2.05, 4.69) is 61.8 Å². The first-order valence-electron chi connectivity index (χ1n) is 9.83. The largest absolute Gasteiger partial charge is 0.352 e. The van der Waals surface area contributed by atoms with Gasteiger partial charge in [0.15, 0.2) is 0 Å². The average molecular weight is 352 g/mol. The van der Waals surface area contributed by atoms with Crippen LogP contribution in [-0.2, 0) is 6.54 Å². The van der Waals surface area contributed by atoms with E-state index in [1.807, 2.05) is 0 Å². The van der Waals surface area contributed by atoms with Gasteiger partial charge >= 0.3 is 0 Å². The Morgan fingerprint density at radius 2 is 1.92 bits per heavy atom. The van der Waals surface area contributed by atoms with Gasteiger partial charge in [-0.05, 0) is 37.2 Å². The Morgan fingerprint density at radius 1 is 1.12 bits per heavy atom. The molecule has 0 amide bonds. The lowest BCUT2D eigenvalue weighted by molar-refractivity contribution is 0.283. The molecule has 0 aliphatic heterocycles. The predicted octanol–water partition coefficient (Wildman–Crippen LogP) is 4.14. The second-order valence-corrected chi connectivity index (χ2v) is 7.64. The first-order chi connectivity index (χ1) is 12.8. The molecule has 1 aliphatic rings. The van der Waals surface area contributed by atoms with Crippen molar-refractivity contribution in [2.24, 2.45) is 5.92 Å². The minimum atomic E-state index is 0.633. The molecule has 0 radical (unpaired) electrons. The van der Waals surface area contributed by atoms with Crippen molar-refractivity contribution >= 4 is 10.9 Å². The minimum absolute atomic E-state index is 0.633. The number of tetrazole rings is 1. The highest BCUT2D eigenvalue weighted by atomic mass is 15.5. The molecule has 1 fully saturated rings. The highest BCUT2D eigenvalue weighted by molar-refractivity contribution is 5.89. The molecule has 0 spiro atoms. The van der Waals surface area contributed by atoms with Crippen LogP contribution in [0.4, 0.5) is 0 Å². The third kappa shape index (κ3) is 3.80. The number of H-pyrrole nitrogens is 2. The normalized spacial score (nSPS) is 16.4. The maximum absolute atomic E-state index is 4.18. The zero-order valence-corrected chi connectivity index (χ0v) is 15.5. The van der Waals surface area contributed by atoms with Crippen molar-refractivity contribution in [2.45, 2.75) is 51.5 Å². The molecule has 138 valence electrons. The Hall–Kier alpha value is -2.21. The van der Waals surface area contributed by atoms with Gasteiger partial charge in [-0.25, -0.2) is 0 Å². The van der Waals surface area contributed by atoms with Gasteiger partial charge in [0.1, 0.15) is 0 Å². The summed E-state index contributed by atoms with van der Waals surface area (Å²) in [6.07, 6.45) is 9.81. The number of benzene rings is 1. The fraction of sp³-hybridized carbons (Fsp3) is 0.550. The molecular formula is C20H28N6. The van der Waals surface area contributed by atoms with Crippen LogP contribution in [0.25, 0.3) is 22.4 Å². The number of para-hydroxylation sites is 1. The lowest BCUT2D eigenvalue weighted by atomic mass is 9.96. The molecule has 0 bridgehead atoms. The summed E-state index contributed by atoms with van der Waals surface area (Å²) >= 11 is 0. The van der Waals surface area contributed by atoms with E-state index in [1.165, 1.54) is 55.9 Å². The quantitative estimate of drug-likeness (QED) is 0.654. The van der Waals surface area contributed by atoms with Crippen molar-refractivity contribution in [1.82, 2.24) is 30.5 Å². The Balaban J connectivity index is 1.49. The van der Waals surface area contributed by atoms with Gasteiger partial charge in [0.2, 0.25) is 5.82 Å². The Bertz CT molecular complexity index is 814. The molecule has 3 aromatic rings. The van der Waals surface area contributed by atoms with E-state index in [9.17, 15) is 0 Å². The number of aromatic nitrogens is 5. The van der Waals surface area contributed by atoms with Crippen molar-refractivity contribution in [2.75, 3.05) is 13.6 Å². The summed E-state index contributed by atoms with van der Waals surface area (Å²) in [5, 5.41) is 15.9. The second-order valence-electron chi connectivity index (χ2n) is 7.64. The molecule has 1 aromatic carbocycles. The molecule has 0 saturated heterocycles. The van der Waals surface area contributed by atoms with Gasteiger partial charge in [0.05, 0.1) is 5.69 Å². The predicted molar refractivity (Wildman–Crippen MR) is 104 cm³/mol. The highest BCUT2D eigenvalue weighted by Crippen LogP contribution is 2.30. The molecule has 0 atom stereocenters. The van der Waals surface area contributed by atoms with E-state index in [0.29, 0.717) is 5.82 Å². The van der Waals surface area contributed by atoms with Gasteiger partial charge in [0, 0.05) is 23.0 Å². The Kier molecular flexibility index (Phi) is 5.29. The van der Waals surface area contributed by atoms with Crippen molar-refractivity contribution in [3.8, 4) is 11.5 Å². The zero-order chi connectivity index (χ0) is 17.8. The van der Waals surface area contributed by atoms with Crippen LogP contribution in [0, 0.1) is 5.92 Å². The van der Waals surface area contributed by atoms with Crippen LogP contribution in [0.15, 0.2) is 24.3 Å². The average Bonchev–Trinajstić information content (AvgIpc) is 3.22. The molecule has 26 heavy (non-hydrogen) atoms. The SMILES string of the molecule is CN(CCC1CCCCCC1)Cc1c(-c2nn[nH]n2)[nH]c2ccccc12. The molecule has 6 heteroatoms. The van der Waals surface area contributed by atoms with E-state index >= 15 is 0 Å². The number of rotatable bonds is 6. The van der Waals surface area contributed by atoms with Crippen molar-refractivity contribution in [1.29, 1.82) is 0 Å². The third-order valence-corrected chi connectivity index (χ3v) is 5.70. The van der Waals surface area contributed by atoms with Gasteiger partial charge in [0.25, 0.3) is 0 Å². The number of nitrogens with one attached hydrogen (secondary N) is 2. The monoisotopic (exact) mass is 352 g/mol. The standard InChI is InChI=1S/C20H28N6/c1-26(13-12-15-8-4-2-3-5-9-15)14-17-16-10-6-7-11-18(16)21-19(17)20-22-24-25-23-20/h6-7,10-11,15,21H,2-5,8-9,12-14H2,1H3,(H,22,23,24,25). The van der Waals surface area contributed by atoms with Gasteiger partial charge in [-0.2, -0.15) is 5.21 Å².